The number of alkyl halides is 2. The van der Waals surface area contributed by atoms with Crippen LogP contribution in [0.3, 0.4) is 0 Å². The van der Waals surface area contributed by atoms with Crippen molar-refractivity contribution in [1.82, 2.24) is 5.32 Å². The van der Waals surface area contributed by atoms with Crippen LogP contribution in [0.5, 0.6) is 5.75 Å². The van der Waals surface area contributed by atoms with Crippen molar-refractivity contribution in [3.05, 3.63) is 59.8 Å². The Labute approximate surface area is 207 Å². The van der Waals surface area contributed by atoms with E-state index in [0.29, 0.717) is 23.3 Å². The van der Waals surface area contributed by atoms with E-state index in [1.807, 2.05) is 57.1 Å². The number of anilines is 2. The van der Waals surface area contributed by atoms with Gasteiger partial charge in [0.1, 0.15) is 11.4 Å². The second-order valence-corrected chi connectivity index (χ2v) is 9.35. The minimum Gasteiger partial charge on any atom is -0.435 e. The maximum atomic E-state index is 13.3. The number of amides is 2. The molecule has 0 radical (unpaired) electrons. The van der Waals surface area contributed by atoms with E-state index < -0.39 is 6.61 Å². The van der Waals surface area contributed by atoms with Gasteiger partial charge in [0.15, 0.2) is 5.17 Å². The molecule has 1 heterocycles. The van der Waals surface area contributed by atoms with E-state index in [9.17, 15) is 18.4 Å². The second-order valence-electron chi connectivity index (χ2n) is 8.41. The highest BCUT2D eigenvalue weighted by atomic mass is 32.2. The number of nitrogens with zero attached hydrogens (tertiary/aromatic N) is 3. The molecule has 10 heteroatoms. The fraction of sp³-hybridized carbons (Fsp3) is 0.320. The zero-order chi connectivity index (χ0) is 25.5. The van der Waals surface area contributed by atoms with Crippen molar-refractivity contribution in [1.29, 1.82) is 0 Å². The molecular formula is C25H28F2N4O3S. The molecule has 0 spiro atoms. The molecule has 0 bridgehead atoms. The Morgan fingerprint density at radius 3 is 2.37 bits per heavy atom. The number of amidine groups is 1. The first-order chi connectivity index (χ1) is 16.6. The molecule has 0 atom stereocenters. The fourth-order valence-corrected chi connectivity index (χ4v) is 3.97. The van der Waals surface area contributed by atoms with Gasteiger partial charge in [-0.05, 0) is 54.0 Å². The Bertz CT molecular complexity index is 1100. The van der Waals surface area contributed by atoms with Crippen LogP contribution in [0.4, 0.5) is 20.2 Å². The summed E-state index contributed by atoms with van der Waals surface area (Å²) < 4.78 is 29.4. The number of hydrogen-bond donors (Lipinski definition) is 1. The summed E-state index contributed by atoms with van der Waals surface area (Å²) in [6.07, 6.45) is 1.68. The largest absolute Gasteiger partial charge is 0.435 e. The molecule has 35 heavy (non-hydrogen) atoms. The third kappa shape index (κ3) is 7.29. The molecule has 0 aliphatic carbocycles. The molecule has 0 aromatic heterocycles. The number of nitrogens with one attached hydrogen (secondary N) is 1. The van der Waals surface area contributed by atoms with Crippen LogP contribution in [-0.2, 0) is 9.59 Å². The highest BCUT2D eigenvalue weighted by Gasteiger charge is 2.32. The first kappa shape index (κ1) is 26.2. The van der Waals surface area contributed by atoms with Crippen molar-refractivity contribution < 1.29 is 23.1 Å². The zero-order valence-corrected chi connectivity index (χ0v) is 20.8. The average molecular weight is 503 g/mol. The standard InChI is InChI=1S/C25H28F2N4O3S/c1-16(2)14-28-22(32)15-35-25-29-21(13-17-5-7-18(8-6-17)30(3)4)23(33)31(25)19-9-11-20(12-10-19)34-24(26)27/h5-13,16,24H,14-15H2,1-4H3,(H,28,32)/b21-13-. The zero-order valence-electron chi connectivity index (χ0n) is 20.0. The lowest BCUT2D eigenvalue weighted by Crippen LogP contribution is -2.33. The Morgan fingerprint density at radius 2 is 1.80 bits per heavy atom. The van der Waals surface area contributed by atoms with Gasteiger partial charge < -0.3 is 15.0 Å². The highest BCUT2D eigenvalue weighted by molar-refractivity contribution is 8.14. The van der Waals surface area contributed by atoms with Crippen LogP contribution in [-0.4, -0.2) is 50.0 Å². The lowest BCUT2D eigenvalue weighted by atomic mass is 10.1. The second kappa shape index (κ2) is 11.8. The summed E-state index contributed by atoms with van der Waals surface area (Å²) >= 11 is 1.13. The van der Waals surface area contributed by atoms with Crippen molar-refractivity contribution in [2.45, 2.75) is 20.5 Å². The van der Waals surface area contributed by atoms with E-state index >= 15 is 0 Å². The summed E-state index contributed by atoms with van der Waals surface area (Å²) in [6, 6.07) is 13.3. The predicted molar refractivity (Wildman–Crippen MR) is 137 cm³/mol. The molecule has 0 saturated heterocycles. The van der Waals surface area contributed by atoms with Crippen molar-refractivity contribution in [2.75, 3.05) is 36.2 Å². The van der Waals surface area contributed by atoms with Gasteiger partial charge >= 0.3 is 6.61 Å². The van der Waals surface area contributed by atoms with Crippen LogP contribution >= 0.6 is 11.8 Å². The van der Waals surface area contributed by atoms with Crippen molar-refractivity contribution in [2.24, 2.45) is 10.9 Å². The van der Waals surface area contributed by atoms with Gasteiger partial charge in [-0.1, -0.05) is 37.7 Å². The topological polar surface area (TPSA) is 74.2 Å². The molecule has 0 saturated carbocycles. The average Bonchev–Trinajstić information content (AvgIpc) is 3.11. The quantitative estimate of drug-likeness (QED) is 0.507. The van der Waals surface area contributed by atoms with E-state index in [4.69, 9.17) is 0 Å². The molecule has 1 N–H and O–H groups in total. The predicted octanol–water partition coefficient (Wildman–Crippen LogP) is 4.60. The monoisotopic (exact) mass is 502 g/mol. The van der Waals surface area contributed by atoms with Gasteiger partial charge in [-0.2, -0.15) is 8.78 Å². The van der Waals surface area contributed by atoms with E-state index in [2.05, 4.69) is 15.0 Å². The number of aliphatic imine (C=N–C) groups is 1. The summed E-state index contributed by atoms with van der Waals surface area (Å²) in [5.41, 5.74) is 2.45. The summed E-state index contributed by atoms with van der Waals surface area (Å²) in [4.78, 5) is 33.4. The molecule has 1 aliphatic rings. The maximum Gasteiger partial charge on any atom is 0.387 e. The Kier molecular flexibility index (Phi) is 8.86. The Morgan fingerprint density at radius 1 is 1.14 bits per heavy atom. The number of hydrogen-bond acceptors (Lipinski definition) is 6. The molecule has 2 aromatic carbocycles. The first-order valence-electron chi connectivity index (χ1n) is 11.0. The third-order valence-corrected chi connectivity index (χ3v) is 5.84. The molecule has 3 rings (SSSR count). The molecule has 7 nitrogen and oxygen atoms in total. The Balaban J connectivity index is 1.86. The SMILES string of the molecule is CC(C)CNC(=O)CSC1=N/C(=C\c2ccc(N(C)C)cc2)C(=O)N1c1ccc(OC(F)F)cc1. The normalized spacial score (nSPS) is 14.6. The van der Waals surface area contributed by atoms with Gasteiger partial charge in [-0.3, -0.25) is 14.5 Å². The van der Waals surface area contributed by atoms with Gasteiger partial charge in [0.25, 0.3) is 5.91 Å². The number of rotatable bonds is 9. The molecule has 186 valence electrons. The minimum absolute atomic E-state index is 0.0219. The van der Waals surface area contributed by atoms with Crippen molar-refractivity contribution >= 4 is 46.2 Å². The number of benzene rings is 2. The molecule has 0 unspecified atom stereocenters. The van der Waals surface area contributed by atoms with Crippen LogP contribution in [0.15, 0.2) is 59.2 Å². The fourth-order valence-electron chi connectivity index (χ4n) is 3.12. The number of halogens is 2. The van der Waals surface area contributed by atoms with Crippen LogP contribution in [0.2, 0.25) is 0 Å². The van der Waals surface area contributed by atoms with Gasteiger partial charge in [0.2, 0.25) is 5.91 Å². The summed E-state index contributed by atoms with van der Waals surface area (Å²) in [7, 11) is 3.88. The van der Waals surface area contributed by atoms with E-state index in [1.54, 1.807) is 6.08 Å². The van der Waals surface area contributed by atoms with Crippen LogP contribution < -0.4 is 19.9 Å². The first-order valence-corrected chi connectivity index (χ1v) is 12.0. The maximum absolute atomic E-state index is 13.3. The Hall–Kier alpha value is -3.40. The summed E-state index contributed by atoms with van der Waals surface area (Å²) in [6.45, 7) is 1.60. The summed E-state index contributed by atoms with van der Waals surface area (Å²) in [5.74, 6) is -0.183. The van der Waals surface area contributed by atoms with E-state index in [-0.39, 0.29) is 29.0 Å². The van der Waals surface area contributed by atoms with Crippen molar-refractivity contribution in [3.8, 4) is 5.75 Å². The third-order valence-electron chi connectivity index (χ3n) is 4.90. The number of carbonyl (C=O) groups excluding carboxylic acids is 2. The van der Waals surface area contributed by atoms with Gasteiger partial charge in [-0.15, -0.1) is 0 Å². The molecule has 2 aromatic rings. The highest BCUT2D eigenvalue weighted by Crippen LogP contribution is 2.31. The molecule has 1 aliphatic heterocycles. The summed E-state index contributed by atoms with van der Waals surface area (Å²) in [5, 5.41) is 3.17. The van der Waals surface area contributed by atoms with Gasteiger partial charge in [-0.25, -0.2) is 4.99 Å². The van der Waals surface area contributed by atoms with Gasteiger partial charge in [0.05, 0.1) is 11.4 Å². The van der Waals surface area contributed by atoms with Gasteiger partial charge in [0, 0.05) is 26.3 Å². The van der Waals surface area contributed by atoms with E-state index in [1.165, 1.54) is 29.2 Å². The lowest BCUT2D eigenvalue weighted by Gasteiger charge is -2.18. The minimum atomic E-state index is -2.94. The van der Waals surface area contributed by atoms with Crippen molar-refractivity contribution in [3.63, 3.8) is 0 Å². The number of thioether (sulfide) groups is 1. The molecule has 0 fully saturated rings. The number of ether oxygens (including phenoxy) is 1. The smallest absolute Gasteiger partial charge is 0.387 e. The van der Waals surface area contributed by atoms with Crippen LogP contribution in [0, 0.1) is 5.92 Å². The van der Waals surface area contributed by atoms with E-state index in [0.717, 1.165) is 23.0 Å². The molecular weight excluding hydrogens is 474 g/mol. The van der Waals surface area contributed by atoms with Crippen LogP contribution in [0.1, 0.15) is 19.4 Å². The van der Waals surface area contributed by atoms with Crippen LogP contribution in [0.25, 0.3) is 6.08 Å². The lowest BCUT2D eigenvalue weighted by molar-refractivity contribution is -0.118. The molecule has 2 amide bonds. The number of carbonyl (C=O) groups is 2.